The van der Waals surface area contributed by atoms with Crippen molar-refractivity contribution in [2.75, 3.05) is 21.3 Å². The second-order valence-electron chi connectivity index (χ2n) is 9.97. The first-order valence-corrected chi connectivity index (χ1v) is 13.2. The predicted octanol–water partition coefficient (Wildman–Crippen LogP) is 1.90. The molecule has 0 atom stereocenters. The Bertz CT molecular complexity index is 2160. The van der Waals surface area contributed by atoms with Crippen LogP contribution in [0.25, 0.3) is 28.0 Å². The van der Waals surface area contributed by atoms with Crippen molar-refractivity contribution in [3.05, 3.63) is 103 Å². The highest BCUT2D eigenvalue weighted by Gasteiger charge is 2.34. The standard InChI is InChI=1S/C31H23N5O9/c1-11-18(12-6-10-17(43-2)29(44-3)27(12)39)19(32)22(34-20(11)31(41)42)14-7-5-13-21(33-14)25-26(30(45-4)28(13)40)36-24-16(38)9-8-15(37)23(24)35-25/h5-10,33-34H,32H2,1-4H3,(H,41,42)/b18-12+. The predicted molar refractivity (Wildman–Crippen MR) is 158 cm³/mol. The van der Waals surface area contributed by atoms with Gasteiger partial charge in [0.05, 0.1) is 49.7 Å². The summed E-state index contributed by atoms with van der Waals surface area (Å²) in [5.74, 6) is -3.11. The van der Waals surface area contributed by atoms with Gasteiger partial charge in [-0.3, -0.25) is 19.2 Å². The number of hydrogen-bond donors (Lipinski definition) is 4. The van der Waals surface area contributed by atoms with Crippen molar-refractivity contribution in [1.29, 1.82) is 0 Å². The van der Waals surface area contributed by atoms with Gasteiger partial charge in [0.2, 0.25) is 28.5 Å². The minimum atomic E-state index is -1.32. The fraction of sp³-hybridized carbons (Fsp3) is 0.129. The molecule has 3 heterocycles. The quantitative estimate of drug-likeness (QED) is 0.241. The Balaban J connectivity index is 1.64. The number of fused-ring (bicyclic) bond motifs is 4. The summed E-state index contributed by atoms with van der Waals surface area (Å²) in [7, 11) is 3.95. The molecule has 0 amide bonds. The molecule has 14 heteroatoms. The van der Waals surface area contributed by atoms with Crippen LogP contribution >= 0.6 is 0 Å². The van der Waals surface area contributed by atoms with Crippen molar-refractivity contribution in [3.63, 3.8) is 0 Å². The van der Waals surface area contributed by atoms with E-state index in [4.69, 9.17) is 19.9 Å². The van der Waals surface area contributed by atoms with Gasteiger partial charge < -0.3 is 35.4 Å². The number of nitrogens with zero attached hydrogens (tertiary/aromatic N) is 2. The first-order chi connectivity index (χ1) is 21.5. The average Bonchev–Trinajstić information content (AvgIpc) is 3.03. The molecular formula is C31H23N5O9. The van der Waals surface area contributed by atoms with Gasteiger partial charge in [-0.05, 0) is 48.9 Å². The lowest BCUT2D eigenvalue weighted by atomic mass is 9.87. The van der Waals surface area contributed by atoms with Crippen LogP contribution in [-0.2, 0) is 19.1 Å². The zero-order valence-corrected chi connectivity index (χ0v) is 24.1. The Labute approximate surface area is 253 Å². The number of methoxy groups -OCH3 is 3. The lowest BCUT2D eigenvalue weighted by Gasteiger charge is -2.27. The van der Waals surface area contributed by atoms with Gasteiger partial charge in [0.1, 0.15) is 28.1 Å². The molecule has 0 radical (unpaired) electrons. The number of carboxylic acids is 1. The van der Waals surface area contributed by atoms with E-state index in [1.807, 2.05) is 0 Å². The topological polar surface area (TPSA) is 213 Å². The fourth-order valence-electron chi connectivity index (χ4n) is 5.46. The molecule has 0 aromatic carbocycles. The third-order valence-corrected chi connectivity index (χ3v) is 7.59. The molecule has 0 bridgehead atoms. The number of allylic oxidation sites excluding steroid dienone is 6. The maximum atomic E-state index is 13.5. The summed E-state index contributed by atoms with van der Waals surface area (Å²) >= 11 is 0. The number of H-pyrrole nitrogens is 1. The number of carbonyl (C=O) groups excluding carboxylic acids is 3. The van der Waals surface area contributed by atoms with E-state index in [2.05, 4.69) is 20.3 Å². The first-order valence-electron chi connectivity index (χ1n) is 13.2. The second-order valence-corrected chi connectivity index (χ2v) is 9.97. The summed E-state index contributed by atoms with van der Waals surface area (Å²) in [6, 6.07) is 2.93. The number of carboxylic acid groups (broad SMARTS) is 1. The number of Topliss-reactive ketones (excluding diaryl/α,β-unsaturated/α-hetero) is 1. The normalized spacial score (nSPS) is 18.2. The number of dihydropyridines is 1. The molecule has 45 heavy (non-hydrogen) atoms. The number of nitrogens with one attached hydrogen (secondary N) is 2. The second kappa shape index (κ2) is 10.4. The number of ketones is 3. The lowest BCUT2D eigenvalue weighted by molar-refractivity contribution is -0.133. The molecule has 1 aromatic rings. The molecular weight excluding hydrogens is 586 g/mol. The number of aromatic nitrogens is 3. The molecule has 5 aliphatic rings. The summed E-state index contributed by atoms with van der Waals surface area (Å²) < 4.78 is 15.8. The summed E-state index contributed by atoms with van der Waals surface area (Å²) in [5.41, 5.74) is 6.24. The SMILES string of the molecule is COC1=C(OC)C(=O)/C(=C2\C(C)=C(C(=O)O)NC(c3ccc4c(=O)c(OC)c5nc6c(nc5c-4[nH]3)C(=O)C=CC6=O)=C2N)C=C1. The molecule has 0 spiro atoms. The Kier molecular flexibility index (Phi) is 6.68. The van der Waals surface area contributed by atoms with Crippen molar-refractivity contribution in [1.82, 2.24) is 20.3 Å². The number of nitrogens with two attached hydrogens (primary N) is 1. The van der Waals surface area contributed by atoms with E-state index in [9.17, 15) is 29.1 Å². The van der Waals surface area contributed by atoms with E-state index in [0.29, 0.717) is 0 Å². The van der Waals surface area contributed by atoms with E-state index in [0.717, 1.165) is 12.2 Å². The number of hydrogen-bond acceptors (Lipinski definition) is 12. The van der Waals surface area contributed by atoms with Crippen molar-refractivity contribution in [2.24, 2.45) is 5.73 Å². The van der Waals surface area contributed by atoms with Crippen LogP contribution in [0.2, 0.25) is 0 Å². The molecule has 0 saturated carbocycles. The Hall–Kier alpha value is -6.31. The van der Waals surface area contributed by atoms with E-state index in [-0.39, 0.29) is 90.5 Å². The molecule has 6 rings (SSSR count). The monoisotopic (exact) mass is 609 g/mol. The largest absolute Gasteiger partial charge is 0.493 e. The van der Waals surface area contributed by atoms with Gasteiger partial charge in [-0.25, -0.2) is 14.8 Å². The van der Waals surface area contributed by atoms with Gasteiger partial charge in [-0.2, -0.15) is 0 Å². The number of aromatic amines is 1. The number of carbonyl (C=O) groups is 4. The van der Waals surface area contributed by atoms with Crippen LogP contribution in [-0.4, -0.2) is 64.7 Å². The van der Waals surface area contributed by atoms with Crippen molar-refractivity contribution >= 4 is 40.0 Å². The third-order valence-electron chi connectivity index (χ3n) is 7.59. The minimum Gasteiger partial charge on any atom is -0.493 e. The van der Waals surface area contributed by atoms with Crippen molar-refractivity contribution in [2.45, 2.75) is 6.92 Å². The zero-order chi connectivity index (χ0) is 32.3. The Morgan fingerprint density at radius 2 is 1.56 bits per heavy atom. The molecule has 5 N–H and O–H groups in total. The average molecular weight is 610 g/mol. The van der Waals surface area contributed by atoms with E-state index in [1.165, 1.54) is 52.5 Å². The molecule has 0 fully saturated rings. The molecule has 3 aliphatic carbocycles. The summed E-state index contributed by atoms with van der Waals surface area (Å²) in [6.45, 7) is 1.50. The number of pyridine rings is 1. The van der Waals surface area contributed by atoms with E-state index in [1.54, 1.807) is 0 Å². The molecule has 1 aromatic heterocycles. The van der Waals surface area contributed by atoms with Crippen molar-refractivity contribution in [3.8, 4) is 17.0 Å². The summed E-state index contributed by atoms with van der Waals surface area (Å²) in [4.78, 5) is 76.1. The third kappa shape index (κ3) is 4.22. The number of benzene rings is 1. The molecule has 2 aliphatic heterocycles. The molecule has 0 unspecified atom stereocenters. The fourth-order valence-corrected chi connectivity index (χ4v) is 5.46. The van der Waals surface area contributed by atoms with Gasteiger partial charge in [0, 0.05) is 11.1 Å². The van der Waals surface area contributed by atoms with Gasteiger partial charge in [-0.1, -0.05) is 0 Å². The Morgan fingerprint density at radius 1 is 0.889 bits per heavy atom. The lowest BCUT2D eigenvalue weighted by Crippen LogP contribution is -2.31. The van der Waals surface area contributed by atoms with Gasteiger partial charge in [-0.15, -0.1) is 0 Å². The number of ether oxygens (including phenoxy) is 3. The maximum Gasteiger partial charge on any atom is 0.352 e. The van der Waals surface area contributed by atoms with Crippen molar-refractivity contribution < 1.29 is 38.5 Å². The molecule has 0 saturated heterocycles. The van der Waals surface area contributed by atoms with Crippen LogP contribution in [0.4, 0.5) is 0 Å². The smallest absolute Gasteiger partial charge is 0.352 e. The zero-order valence-electron chi connectivity index (χ0n) is 24.1. The van der Waals surface area contributed by atoms with E-state index >= 15 is 0 Å². The van der Waals surface area contributed by atoms with Crippen LogP contribution in [0.1, 0.15) is 33.6 Å². The Morgan fingerprint density at radius 3 is 2.16 bits per heavy atom. The number of rotatable bonds is 5. The van der Waals surface area contributed by atoms with Crippen LogP contribution in [0, 0.1) is 0 Å². The van der Waals surface area contributed by atoms with Crippen LogP contribution in [0.15, 0.2) is 80.9 Å². The first kappa shape index (κ1) is 28.8. The van der Waals surface area contributed by atoms with E-state index < -0.39 is 28.7 Å². The summed E-state index contributed by atoms with van der Waals surface area (Å²) in [6.07, 6.45) is 5.11. The van der Waals surface area contributed by atoms with Crippen LogP contribution in [0.3, 0.4) is 0 Å². The summed E-state index contributed by atoms with van der Waals surface area (Å²) in [5, 5.41) is 12.9. The van der Waals surface area contributed by atoms with Gasteiger partial charge in [0.25, 0.3) is 0 Å². The van der Waals surface area contributed by atoms with Gasteiger partial charge in [0.15, 0.2) is 11.5 Å². The molecule has 14 nitrogen and oxygen atoms in total. The maximum absolute atomic E-state index is 13.5. The van der Waals surface area contributed by atoms with Crippen LogP contribution in [0.5, 0.6) is 5.75 Å². The highest BCUT2D eigenvalue weighted by atomic mass is 16.5. The molecule has 226 valence electrons. The van der Waals surface area contributed by atoms with Gasteiger partial charge >= 0.3 is 5.97 Å². The highest BCUT2D eigenvalue weighted by molar-refractivity contribution is 6.21. The minimum absolute atomic E-state index is 0.00644. The van der Waals surface area contributed by atoms with Crippen LogP contribution < -0.4 is 21.2 Å². The highest BCUT2D eigenvalue weighted by Crippen LogP contribution is 2.37. The number of aliphatic carboxylic acids is 1.